The lowest BCUT2D eigenvalue weighted by atomic mass is 10.2. The van der Waals surface area contributed by atoms with Crippen LogP contribution >= 0.6 is 11.8 Å². The molecule has 4 rings (SSSR count). The van der Waals surface area contributed by atoms with Gasteiger partial charge in [-0.25, -0.2) is 13.8 Å². The van der Waals surface area contributed by atoms with Crippen molar-refractivity contribution in [2.24, 2.45) is 0 Å². The second-order valence-corrected chi connectivity index (χ2v) is 7.22. The zero-order valence-electron chi connectivity index (χ0n) is 14.1. The summed E-state index contributed by atoms with van der Waals surface area (Å²) in [5.74, 6) is -2.06. The Morgan fingerprint density at radius 3 is 2.74 bits per heavy atom. The minimum atomic E-state index is -0.841. The Hall–Kier alpha value is -2.74. The van der Waals surface area contributed by atoms with Crippen LogP contribution < -0.4 is 10.9 Å². The van der Waals surface area contributed by atoms with Crippen LogP contribution in [0.2, 0.25) is 0 Å². The van der Waals surface area contributed by atoms with E-state index < -0.39 is 17.5 Å². The number of aromatic nitrogens is 2. The monoisotopic (exact) mass is 387 g/mol. The Morgan fingerprint density at radius 2 is 2.00 bits per heavy atom. The second kappa shape index (κ2) is 7.11. The molecule has 1 aromatic heterocycles. The maximum absolute atomic E-state index is 13.7. The summed E-state index contributed by atoms with van der Waals surface area (Å²) in [6.45, 7) is 0. The van der Waals surface area contributed by atoms with Crippen molar-refractivity contribution in [1.82, 2.24) is 9.55 Å². The van der Waals surface area contributed by atoms with Crippen molar-refractivity contribution in [3.8, 4) is 0 Å². The van der Waals surface area contributed by atoms with Gasteiger partial charge in [-0.3, -0.25) is 14.2 Å². The SMILES string of the molecule is O=C(CSc1nc2ccccc2c(=O)n1C1CC1)Nc1ccc(F)cc1F. The van der Waals surface area contributed by atoms with E-state index in [1.165, 1.54) is 6.07 Å². The molecule has 0 saturated heterocycles. The summed E-state index contributed by atoms with van der Waals surface area (Å²) in [4.78, 5) is 29.5. The van der Waals surface area contributed by atoms with E-state index in [0.29, 0.717) is 22.1 Å². The van der Waals surface area contributed by atoms with Crippen molar-refractivity contribution in [3.63, 3.8) is 0 Å². The highest BCUT2D eigenvalue weighted by molar-refractivity contribution is 7.99. The first-order chi connectivity index (χ1) is 13.0. The van der Waals surface area contributed by atoms with Crippen LogP contribution in [-0.2, 0) is 4.79 Å². The van der Waals surface area contributed by atoms with Gasteiger partial charge < -0.3 is 5.32 Å². The zero-order chi connectivity index (χ0) is 19.0. The van der Waals surface area contributed by atoms with E-state index in [4.69, 9.17) is 0 Å². The summed E-state index contributed by atoms with van der Waals surface area (Å²) in [5, 5.41) is 3.42. The van der Waals surface area contributed by atoms with Crippen LogP contribution in [-0.4, -0.2) is 21.2 Å². The summed E-state index contributed by atoms with van der Waals surface area (Å²) in [7, 11) is 0. The number of nitrogens with zero attached hydrogens (tertiary/aromatic N) is 2. The largest absolute Gasteiger partial charge is 0.323 e. The summed E-state index contributed by atoms with van der Waals surface area (Å²) in [6.07, 6.45) is 1.81. The molecule has 8 heteroatoms. The second-order valence-electron chi connectivity index (χ2n) is 6.28. The van der Waals surface area contributed by atoms with Crippen LogP contribution in [0.4, 0.5) is 14.5 Å². The van der Waals surface area contributed by atoms with Crippen LogP contribution in [0.5, 0.6) is 0 Å². The fraction of sp³-hybridized carbons (Fsp3) is 0.211. The molecule has 2 aromatic carbocycles. The maximum Gasteiger partial charge on any atom is 0.262 e. The minimum Gasteiger partial charge on any atom is -0.323 e. The fourth-order valence-corrected chi connectivity index (χ4v) is 3.66. The number of benzene rings is 2. The molecule has 3 aromatic rings. The van der Waals surface area contributed by atoms with Gasteiger partial charge in [0.1, 0.15) is 11.6 Å². The van der Waals surface area contributed by atoms with Crippen molar-refractivity contribution < 1.29 is 13.6 Å². The number of carbonyl (C=O) groups excluding carboxylic acids is 1. The highest BCUT2D eigenvalue weighted by Crippen LogP contribution is 2.36. The van der Waals surface area contributed by atoms with Crippen LogP contribution in [0.25, 0.3) is 10.9 Å². The smallest absolute Gasteiger partial charge is 0.262 e. The molecule has 0 radical (unpaired) electrons. The zero-order valence-corrected chi connectivity index (χ0v) is 14.9. The van der Waals surface area contributed by atoms with Gasteiger partial charge in [0.25, 0.3) is 5.56 Å². The molecular weight excluding hydrogens is 372 g/mol. The van der Waals surface area contributed by atoms with Crippen molar-refractivity contribution in [3.05, 3.63) is 64.5 Å². The Labute approximate surface area is 157 Å². The lowest BCUT2D eigenvalue weighted by molar-refractivity contribution is -0.113. The average molecular weight is 387 g/mol. The number of hydrogen-bond acceptors (Lipinski definition) is 4. The van der Waals surface area contributed by atoms with Gasteiger partial charge in [-0.05, 0) is 37.1 Å². The van der Waals surface area contributed by atoms with Crippen molar-refractivity contribution in [1.29, 1.82) is 0 Å². The van der Waals surface area contributed by atoms with Gasteiger partial charge in [-0.15, -0.1) is 0 Å². The number of carbonyl (C=O) groups is 1. The van der Waals surface area contributed by atoms with E-state index >= 15 is 0 Å². The Bertz CT molecular complexity index is 1100. The molecule has 138 valence electrons. The molecule has 0 spiro atoms. The van der Waals surface area contributed by atoms with E-state index in [-0.39, 0.29) is 23.0 Å². The molecule has 1 amide bonds. The summed E-state index contributed by atoms with van der Waals surface area (Å²) in [6, 6.07) is 10.1. The third-order valence-electron chi connectivity index (χ3n) is 4.23. The molecule has 0 bridgehead atoms. The Kier molecular flexibility index (Phi) is 4.65. The molecular formula is C19H15F2N3O2S. The number of anilines is 1. The quantitative estimate of drug-likeness (QED) is 0.535. The molecule has 1 saturated carbocycles. The third-order valence-corrected chi connectivity index (χ3v) is 5.18. The lowest BCUT2D eigenvalue weighted by Gasteiger charge is -2.12. The molecule has 0 atom stereocenters. The first-order valence-corrected chi connectivity index (χ1v) is 9.40. The fourth-order valence-electron chi connectivity index (χ4n) is 2.79. The van der Waals surface area contributed by atoms with Gasteiger partial charge >= 0.3 is 0 Å². The molecule has 1 fully saturated rings. The van der Waals surface area contributed by atoms with E-state index in [0.717, 1.165) is 30.7 Å². The van der Waals surface area contributed by atoms with Crippen LogP contribution in [0, 0.1) is 11.6 Å². The van der Waals surface area contributed by atoms with Crippen molar-refractivity contribution in [2.75, 3.05) is 11.1 Å². The highest BCUT2D eigenvalue weighted by atomic mass is 32.2. The third kappa shape index (κ3) is 3.71. The molecule has 1 aliphatic carbocycles. The number of fused-ring (bicyclic) bond motifs is 1. The van der Waals surface area contributed by atoms with Crippen molar-refractivity contribution >= 4 is 34.3 Å². The topological polar surface area (TPSA) is 64.0 Å². The van der Waals surface area contributed by atoms with E-state index in [2.05, 4.69) is 10.3 Å². The molecule has 1 heterocycles. The first kappa shape index (κ1) is 17.7. The summed E-state index contributed by atoms with van der Waals surface area (Å²) < 4.78 is 28.2. The number of amides is 1. The number of thioether (sulfide) groups is 1. The number of halogens is 2. The van der Waals surface area contributed by atoms with E-state index in [1.807, 2.05) is 0 Å². The van der Waals surface area contributed by atoms with Gasteiger partial charge in [0.2, 0.25) is 5.91 Å². The van der Waals surface area contributed by atoms with Gasteiger partial charge in [0.15, 0.2) is 5.16 Å². The van der Waals surface area contributed by atoms with Crippen LogP contribution in [0.15, 0.2) is 52.4 Å². The molecule has 0 aliphatic heterocycles. The maximum atomic E-state index is 13.7. The van der Waals surface area contributed by atoms with E-state index in [9.17, 15) is 18.4 Å². The number of nitrogens with one attached hydrogen (secondary N) is 1. The molecule has 1 aliphatic rings. The molecule has 1 N–H and O–H groups in total. The highest BCUT2D eigenvalue weighted by Gasteiger charge is 2.28. The number of hydrogen-bond donors (Lipinski definition) is 1. The Balaban J connectivity index is 1.55. The van der Waals surface area contributed by atoms with Gasteiger partial charge in [-0.2, -0.15) is 0 Å². The van der Waals surface area contributed by atoms with Gasteiger partial charge in [0, 0.05) is 12.1 Å². The van der Waals surface area contributed by atoms with E-state index in [1.54, 1.807) is 28.8 Å². The average Bonchev–Trinajstić information content (AvgIpc) is 3.47. The lowest BCUT2D eigenvalue weighted by Crippen LogP contribution is -2.23. The molecule has 0 unspecified atom stereocenters. The summed E-state index contributed by atoms with van der Waals surface area (Å²) >= 11 is 1.12. The molecule has 5 nitrogen and oxygen atoms in total. The predicted octanol–water partition coefficient (Wildman–Crippen LogP) is 3.74. The van der Waals surface area contributed by atoms with Gasteiger partial charge in [0.05, 0.1) is 22.3 Å². The Morgan fingerprint density at radius 1 is 1.22 bits per heavy atom. The summed E-state index contributed by atoms with van der Waals surface area (Å²) in [5.41, 5.74) is 0.371. The standard InChI is InChI=1S/C19H15F2N3O2S/c20-11-5-8-16(14(21)9-11)22-17(25)10-27-19-23-15-4-2-1-3-13(15)18(26)24(19)12-6-7-12/h1-5,8-9,12H,6-7,10H2,(H,22,25). The first-order valence-electron chi connectivity index (χ1n) is 8.42. The number of para-hydroxylation sites is 1. The van der Waals surface area contributed by atoms with Gasteiger partial charge in [-0.1, -0.05) is 23.9 Å². The predicted molar refractivity (Wildman–Crippen MR) is 100.0 cm³/mol. The molecule has 27 heavy (non-hydrogen) atoms. The van der Waals surface area contributed by atoms with Crippen LogP contribution in [0.1, 0.15) is 18.9 Å². The minimum absolute atomic E-state index is 0.0473. The number of rotatable bonds is 5. The van der Waals surface area contributed by atoms with Crippen molar-refractivity contribution in [2.45, 2.75) is 24.0 Å². The van der Waals surface area contributed by atoms with Crippen LogP contribution in [0.3, 0.4) is 0 Å². The normalized spacial score (nSPS) is 13.7.